The predicted octanol–water partition coefficient (Wildman–Crippen LogP) is 4.03. The third-order valence-corrected chi connectivity index (χ3v) is 10.2. The molecule has 0 fully saturated rings. The summed E-state index contributed by atoms with van der Waals surface area (Å²) in [5.41, 5.74) is -0.499. The lowest BCUT2D eigenvalue weighted by Gasteiger charge is -2.17. The molecule has 1 aromatic heterocycles. The zero-order valence-corrected chi connectivity index (χ0v) is 17.9. The highest BCUT2D eigenvalue weighted by molar-refractivity contribution is 8.09. The molecule has 0 aliphatic rings. The lowest BCUT2D eigenvalue weighted by atomic mass is 10.3. The summed E-state index contributed by atoms with van der Waals surface area (Å²) in [5.74, 6) is 0. The summed E-state index contributed by atoms with van der Waals surface area (Å²) in [6, 6.07) is 17.5. The molecule has 0 amide bonds. The van der Waals surface area contributed by atoms with Crippen LogP contribution in [0.1, 0.15) is 11.3 Å². The summed E-state index contributed by atoms with van der Waals surface area (Å²) in [4.78, 5) is 11.0. The minimum Gasteiger partial charge on any atom is -0.259 e. The normalized spacial score (nSPS) is 12.8. The van der Waals surface area contributed by atoms with Gasteiger partial charge in [0, 0.05) is 11.0 Å². The van der Waals surface area contributed by atoms with E-state index in [1.54, 1.807) is 29.6 Å². The van der Waals surface area contributed by atoms with E-state index in [2.05, 4.69) is 0 Å². The minimum atomic E-state index is -4.44. The molecule has 0 spiro atoms. The molecule has 3 rings (SSSR count). The van der Waals surface area contributed by atoms with E-state index >= 15 is 0 Å². The second kappa shape index (κ2) is 8.90. The average Bonchev–Trinajstić information content (AvgIpc) is 3.25. The van der Waals surface area contributed by atoms with E-state index in [-0.39, 0.29) is 9.79 Å². The highest BCUT2D eigenvalue weighted by Gasteiger charge is 2.42. The second-order valence-corrected chi connectivity index (χ2v) is 11.8. The maximum Gasteiger partial charge on any atom is 0.250 e. The van der Waals surface area contributed by atoms with Crippen molar-refractivity contribution in [3.05, 3.63) is 98.9 Å². The molecule has 0 radical (unpaired) electrons. The van der Waals surface area contributed by atoms with E-state index in [1.165, 1.54) is 65.9 Å². The number of hydrogen-bond acceptors (Lipinski definition) is 7. The summed E-state index contributed by atoms with van der Waals surface area (Å²) in [6.07, 6.45) is 0.415. The van der Waals surface area contributed by atoms with Crippen LogP contribution in [0.25, 0.3) is 6.08 Å². The molecule has 0 aliphatic heterocycles. The Balaban J connectivity index is 2.16. The van der Waals surface area contributed by atoms with Crippen molar-refractivity contribution in [1.82, 2.24) is 0 Å². The van der Waals surface area contributed by atoms with Gasteiger partial charge in [0.15, 0.2) is 24.3 Å². The van der Waals surface area contributed by atoms with Crippen LogP contribution in [0.4, 0.5) is 0 Å². The van der Waals surface area contributed by atoms with Crippen molar-refractivity contribution in [3.63, 3.8) is 0 Å². The Morgan fingerprint density at radius 2 is 1.37 bits per heavy atom. The molecule has 1 heterocycles. The van der Waals surface area contributed by atoms with Crippen LogP contribution in [0.3, 0.4) is 0 Å². The number of allylic oxidation sites excluding steroid dienone is 1. The molecule has 0 N–H and O–H groups in total. The smallest absolute Gasteiger partial charge is 0.250 e. The third kappa shape index (κ3) is 4.66. The zero-order valence-electron chi connectivity index (χ0n) is 15.5. The van der Waals surface area contributed by atoms with Crippen LogP contribution < -0.4 is 0 Å². The molecule has 0 aliphatic carbocycles. The van der Waals surface area contributed by atoms with E-state index in [1.807, 2.05) is 0 Å². The standard InChI is InChI=1S/C20H17NO6S3/c22-21(23)16(14-17-8-7-13-28-17)15-20(29(24,25)18-9-3-1-4-10-18)30(26,27)19-11-5-2-6-12-19/h1-14,20H,15H2/b16-14+. The van der Waals surface area contributed by atoms with Crippen molar-refractivity contribution in [1.29, 1.82) is 0 Å². The van der Waals surface area contributed by atoms with Gasteiger partial charge in [-0.2, -0.15) is 0 Å². The van der Waals surface area contributed by atoms with Gasteiger partial charge in [0.2, 0.25) is 5.70 Å². The van der Waals surface area contributed by atoms with Crippen LogP contribution in [-0.2, 0) is 19.7 Å². The van der Waals surface area contributed by atoms with Crippen LogP contribution in [0.15, 0.2) is 93.7 Å². The Hall–Kier alpha value is -2.82. The molecular weight excluding hydrogens is 446 g/mol. The van der Waals surface area contributed by atoms with E-state index in [9.17, 15) is 26.9 Å². The first kappa shape index (κ1) is 21.9. The predicted molar refractivity (Wildman–Crippen MR) is 115 cm³/mol. The number of nitro groups is 1. The topological polar surface area (TPSA) is 111 Å². The number of hydrogen-bond donors (Lipinski definition) is 0. The van der Waals surface area contributed by atoms with Crippen LogP contribution in [0.2, 0.25) is 0 Å². The first-order valence-corrected chi connectivity index (χ1v) is 12.7. The average molecular weight is 464 g/mol. The molecule has 2 aromatic carbocycles. The molecule has 30 heavy (non-hydrogen) atoms. The number of nitrogens with zero attached hydrogens (tertiary/aromatic N) is 1. The summed E-state index contributed by atoms with van der Waals surface area (Å²) < 4.78 is 51.1. The van der Waals surface area contributed by atoms with E-state index in [4.69, 9.17) is 0 Å². The Kier molecular flexibility index (Phi) is 6.49. The Morgan fingerprint density at radius 1 is 0.867 bits per heavy atom. The van der Waals surface area contributed by atoms with Gasteiger partial charge in [-0.3, -0.25) is 10.1 Å². The molecule has 0 saturated heterocycles. The number of benzene rings is 2. The first-order valence-electron chi connectivity index (χ1n) is 8.69. The first-order chi connectivity index (χ1) is 14.2. The number of sulfone groups is 2. The maximum atomic E-state index is 13.3. The van der Waals surface area contributed by atoms with Crippen molar-refractivity contribution in [2.45, 2.75) is 20.8 Å². The lowest BCUT2D eigenvalue weighted by molar-refractivity contribution is -0.425. The van der Waals surface area contributed by atoms with Crippen LogP contribution >= 0.6 is 11.3 Å². The summed E-state index contributed by atoms with van der Waals surface area (Å²) in [5, 5.41) is 13.4. The lowest BCUT2D eigenvalue weighted by Crippen LogP contribution is -2.32. The van der Waals surface area contributed by atoms with Crippen LogP contribution in [-0.4, -0.2) is 26.3 Å². The van der Waals surface area contributed by atoms with Crippen molar-refractivity contribution in [3.8, 4) is 0 Å². The monoisotopic (exact) mass is 463 g/mol. The van der Waals surface area contributed by atoms with Gasteiger partial charge < -0.3 is 0 Å². The Bertz CT molecular complexity index is 1180. The van der Waals surface area contributed by atoms with Crippen molar-refractivity contribution < 1.29 is 21.8 Å². The SMILES string of the molecule is O=[N+]([O-])/C(=C/c1cccs1)CC(S(=O)(=O)c1ccccc1)S(=O)(=O)c1ccccc1. The second-order valence-electron chi connectivity index (χ2n) is 6.26. The fourth-order valence-electron chi connectivity index (χ4n) is 2.80. The minimum absolute atomic E-state index is 0.215. The van der Waals surface area contributed by atoms with Crippen LogP contribution in [0.5, 0.6) is 0 Å². The van der Waals surface area contributed by atoms with Gasteiger partial charge >= 0.3 is 0 Å². The molecule has 3 aromatic rings. The van der Waals surface area contributed by atoms with Gasteiger partial charge in [-0.15, -0.1) is 11.3 Å². The van der Waals surface area contributed by atoms with Gasteiger partial charge in [0.1, 0.15) is 0 Å². The van der Waals surface area contributed by atoms with Crippen molar-refractivity contribution in [2.24, 2.45) is 0 Å². The Morgan fingerprint density at radius 3 is 1.77 bits per heavy atom. The van der Waals surface area contributed by atoms with E-state index in [0.29, 0.717) is 4.88 Å². The quantitative estimate of drug-likeness (QED) is 0.368. The largest absolute Gasteiger partial charge is 0.259 e. The third-order valence-electron chi connectivity index (χ3n) is 4.30. The Labute approximate surface area is 178 Å². The van der Waals surface area contributed by atoms with Crippen molar-refractivity contribution in [2.75, 3.05) is 0 Å². The highest BCUT2D eigenvalue weighted by Crippen LogP contribution is 2.31. The van der Waals surface area contributed by atoms with Gasteiger partial charge in [-0.25, -0.2) is 16.8 Å². The highest BCUT2D eigenvalue weighted by atomic mass is 32.3. The molecule has 0 saturated carbocycles. The van der Waals surface area contributed by atoms with E-state index < -0.39 is 41.3 Å². The van der Waals surface area contributed by atoms with Crippen LogP contribution in [0, 0.1) is 10.1 Å². The van der Waals surface area contributed by atoms with Gasteiger partial charge in [0.05, 0.1) is 21.1 Å². The fourth-order valence-corrected chi connectivity index (χ4v) is 7.94. The molecule has 7 nitrogen and oxygen atoms in total. The summed E-state index contributed by atoms with van der Waals surface area (Å²) in [6.45, 7) is 0. The fraction of sp³-hybridized carbons (Fsp3) is 0.100. The molecule has 0 unspecified atom stereocenters. The molecule has 156 valence electrons. The molecule has 10 heteroatoms. The van der Waals surface area contributed by atoms with E-state index in [0.717, 1.165) is 0 Å². The number of rotatable bonds is 8. The van der Waals surface area contributed by atoms with Gasteiger partial charge in [-0.05, 0) is 35.7 Å². The molecular formula is C20H17NO6S3. The molecule has 0 bridgehead atoms. The van der Waals surface area contributed by atoms with Crippen molar-refractivity contribution >= 4 is 37.1 Å². The maximum absolute atomic E-state index is 13.3. The molecule has 0 atom stereocenters. The van der Waals surface area contributed by atoms with Gasteiger partial charge in [-0.1, -0.05) is 42.5 Å². The van der Waals surface area contributed by atoms with Gasteiger partial charge in [0.25, 0.3) is 0 Å². The zero-order chi connectivity index (χ0) is 21.8. The number of thiophene rings is 1. The summed E-state index contributed by atoms with van der Waals surface area (Å²) in [7, 11) is -8.89. The summed E-state index contributed by atoms with van der Waals surface area (Å²) >= 11 is 1.22.